The summed E-state index contributed by atoms with van der Waals surface area (Å²) in [5.74, 6) is 1.71. The lowest BCUT2D eigenvalue weighted by Gasteiger charge is -2.26. The van der Waals surface area contributed by atoms with Gasteiger partial charge in [0, 0.05) is 12.0 Å². The van der Waals surface area contributed by atoms with Gasteiger partial charge in [-0.1, -0.05) is 0 Å². The van der Waals surface area contributed by atoms with Crippen molar-refractivity contribution in [1.82, 2.24) is 5.32 Å². The minimum atomic E-state index is 0.0627. The van der Waals surface area contributed by atoms with Crippen molar-refractivity contribution in [2.24, 2.45) is 0 Å². The second kappa shape index (κ2) is 4.74. The van der Waals surface area contributed by atoms with Crippen molar-refractivity contribution in [1.29, 1.82) is 0 Å². The quantitative estimate of drug-likeness (QED) is 0.864. The van der Waals surface area contributed by atoms with Crippen LogP contribution in [0.25, 0.3) is 0 Å². The number of benzene rings is 1. The highest BCUT2D eigenvalue weighted by molar-refractivity contribution is 9.10. The van der Waals surface area contributed by atoms with Gasteiger partial charge in [-0.25, -0.2) is 0 Å². The molecule has 3 rings (SSSR count). The number of fused-ring (bicyclic) bond motifs is 1. The Morgan fingerprint density at radius 3 is 2.83 bits per heavy atom. The average Bonchev–Trinajstić information content (AvgIpc) is 2.66. The molecule has 2 aliphatic heterocycles. The smallest absolute Gasteiger partial charge is 0.175 e. The van der Waals surface area contributed by atoms with Crippen LogP contribution in [0.4, 0.5) is 0 Å². The summed E-state index contributed by atoms with van der Waals surface area (Å²) in [6.45, 7) is 4.79. The highest BCUT2D eigenvalue weighted by Gasteiger charge is 2.31. The van der Waals surface area contributed by atoms with Crippen LogP contribution >= 0.6 is 15.9 Å². The summed E-state index contributed by atoms with van der Waals surface area (Å²) < 4.78 is 12.5. The fourth-order valence-electron chi connectivity index (χ4n) is 2.69. The summed E-state index contributed by atoms with van der Waals surface area (Å²) >= 11 is 3.61. The second-order valence-electron chi connectivity index (χ2n) is 5.20. The minimum absolute atomic E-state index is 0.0627. The summed E-state index contributed by atoms with van der Waals surface area (Å²) in [4.78, 5) is 0. The van der Waals surface area contributed by atoms with E-state index in [1.807, 2.05) is 0 Å². The van der Waals surface area contributed by atoms with E-state index in [-0.39, 0.29) is 5.54 Å². The zero-order valence-corrected chi connectivity index (χ0v) is 12.2. The Morgan fingerprint density at radius 2 is 2.06 bits per heavy atom. The molecule has 0 radical (unpaired) electrons. The Morgan fingerprint density at radius 1 is 1.22 bits per heavy atom. The van der Waals surface area contributed by atoms with Crippen molar-refractivity contribution in [3.8, 4) is 11.5 Å². The van der Waals surface area contributed by atoms with Crippen LogP contribution in [0, 0.1) is 0 Å². The predicted octanol–water partition coefficient (Wildman–Crippen LogP) is 3.21. The van der Waals surface area contributed by atoms with Gasteiger partial charge in [0.15, 0.2) is 11.5 Å². The Labute approximate surface area is 116 Å². The van der Waals surface area contributed by atoms with Gasteiger partial charge in [0.1, 0.15) is 0 Å². The highest BCUT2D eigenvalue weighted by Crippen LogP contribution is 2.42. The molecule has 4 heteroatoms. The largest absolute Gasteiger partial charge is 0.490 e. The molecule has 0 aliphatic carbocycles. The molecule has 1 aromatic carbocycles. The van der Waals surface area contributed by atoms with Crippen LogP contribution < -0.4 is 14.8 Å². The molecule has 1 N–H and O–H groups in total. The number of nitrogens with one attached hydrogen (secondary N) is 1. The van der Waals surface area contributed by atoms with E-state index in [0.29, 0.717) is 0 Å². The zero-order valence-electron chi connectivity index (χ0n) is 10.6. The van der Waals surface area contributed by atoms with Gasteiger partial charge in [-0.05, 0) is 59.9 Å². The molecule has 3 nitrogen and oxygen atoms in total. The van der Waals surface area contributed by atoms with Gasteiger partial charge in [0.25, 0.3) is 0 Å². The first-order valence-electron chi connectivity index (χ1n) is 6.54. The van der Waals surface area contributed by atoms with E-state index < -0.39 is 0 Å². The SMILES string of the molecule is CC1(c2cc(Br)c3c(c2)OCCCO3)CCCN1. The summed E-state index contributed by atoms with van der Waals surface area (Å²) in [6, 6.07) is 4.29. The Bertz CT molecular complexity index is 455. The third-order valence-electron chi connectivity index (χ3n) is 3.81. The lowest BCUT2D eigenvalue weighted by atomic mass is 9.90. The van der Waals surface area contributed by atoms with Gasteiger partial charge >= 0.3 is 0 Å². The first-order valence-corrected chi connectivity index (χ1v) is 7.33. The lowest BCUT2D eigenvalue weighted by molar-refractivity contribution is 0.296. The maximum absolute atomic E-state index is 5.79. The van der Waals surface area contributed by atoms with Crippen molar-refractivity contribution >= 4 is 15.9 Å². The van der Waals surface area contributed by atoms with Crippen LogP contribution in [-0.2, 0) is 5.54 Å². The molecule has 0 spiro atoms. The molecule has 2 heterocycles. The number of rotatable bonds is 1. The fourth-order valence-corrected chi connectivity index (χ4v) is 3.25. The standard InChI is InChI=1S/C14H18BrNO2/c1-14(4-2-5-16-14)10-8-11(15)13-12(9-10)17-6-3-7-18-13/h8-9,16H,2-7H2,1H3. The molecule has 1 unspecified atom stereocenters. The molecule has 0 bridgehead atoms. The van der Waals surface area contributed by atoms with Crippen molar-refractivity contribution < 1.29 is 9.47 Å². The normalized spacial score (nSPS) is 27.0. The molecule has 1 atom stereocenters. The van der Waals surface area contributed by atoms with Gasteiger partial charge in [-0.15, -0.1) is 0 Å². The Balaban J connectivity index is 2.02. The Kier molecular flexibility index (Phi) is 3.24. The number of hydrogen-bond acceptors (Lipinski definition) is 3. The van der Waals surface area contributed by atoms with E-state index in [0.717, 1.165) is 42.2 Å². The van der Waals surface area contributed by atoms with Crippen LogP contribution in [0.3, 0.4) is 0 Å². The lowest BCUT2D eigenvalue weighted by Crippen LogP contribution is -2.33. The molecule has 98 valence electrons. The average molecular weight is 312 g/mol. The molecular weight excluding hydrogens is 294 g/mol. The van der Waals surface area contributed by atoms with E-state index in [2.05, 4.69) is 40.3 Å². The number of hydrogen-bond donors (Lipinski definition) is 1. The summed E-state index contributed by atoms with van der Waals surface area (Å²) in [7, 11) is 0. The van der Waals surface area contributed by atoms with Crippen molar-refractivity contribution in [3.63, 3.8) is 0 Å². The van der Waals surface area contributed by atoms with E-state index in [1.165, 1.54) is 18.4 Å². The fraction of sp³-hybridized carbons (Fsp3) is 0.571. The van der Waals surface area contributed by atoms with Gasteiger partial charge < -0.3 is 14.8 Å². The van der Waals surface area contributed by atoms with Gasteiger partial charge in [0.2, 0.25) is 0 Å². The minimum Gasteiger partial charge on any atom is -0.490 e. The first-order chi connectivity index (χ1) is 8.69. The second-order valence-corrected chi connectivity index (χ2v) is 6.05. The summed E-state index contributed by atoms with van der Waals surface area (Å²) in [5, 5.41) is 3.58. The number of ether oxygens (including phenoxy) is 2. The third kappa shape index (κ3) is 2.12. The topological polar surface area (TPSA) is 30.5 Å². The van der Waals surface area contributed by atoms with Gasteiger partial charge in [0.05, 0.1) is 17.7 Å². The maximum Gasteiger partial charge on any atom is 0.175 e. The maximum atomic E-state index is 5.79. The van der Waals surface area contributed by atoms with E-state index in [4.69, 9.17) is 9.47 Å². The van der Waals surface area contributed by atoms with Crippen LogP contribution in [0.5, 0.6) is 11.5 Å². The molecule has 0 amide bonds. The third-order valence-corrected chi connectivity index (χ3v) is 4.40. The van der Waals surface area contributed by atoms with E-state index in [9.17, 15) is 0 Å². The number of halogens is 1. The monoisotopic (exact) mass is 311 g/mol. The highest BCUT2D eigenvalue weighted by atomic mass is 79.9. The molecule has 1 fully saturated rings. The summed E-state index contributed by atoms with van der Waals surface area (Å²) in [5.41, 5.74) is 1.34. The molecule has 1 aromatic rings. The molecule has 2 aliphatic rings. The molecular formula is C14H18BrNO2. The van der Waals surface area contributed by atoms with Gasteiger partial charge in [-0.2, -0.15) is 0 Å². The van der Waals surface area contributed by atoms with Gasteiger partial charge in [-0.3, -0.25) is 0 Å². The van der Waals surface area contributed by atoms with Crippen LogP contribution in [0.1, 0.15) is 31.7 Å². The molecule has 0 aromatic heterocycles. The predicted molar refractivity (Wildman–Crippen MR) is 74.3 cm³/mol. The summed E-state index contributed by atoms with van der Waals surface area (Å²) in [6.07, 6.45) is 3.33. The van der Waals surface area contributed by atoms with E-state index in [1.54, 1.807) is 0 Å². The van der Waals surface area contributed by atoms with Crippen LogP contribution in [0.2, 0.25) is 0 Å². The Hall–Kier alpha value is -0.740. The molecule has 0 saturated carbocycles. The molecule has 1 saturated heterocycles. The first kappa shape index (κ1) is 12.3. The van der Waals surface area contributed by atoms with Crippen molar-refractivity contribution in [3.05, 3.63) is 22.2 Å². The van der Waals surface area contributed by atoms with Crippen LogP contribution in [0.15, 0.2) is 16.6 Å². The van der Waals surface area contributed by atoms with Crippen molar-refractivity contribution in [2.45, 2.75) is 31.7 Å². The van der Waals surface area contributed by atoms with E-state index >= 15 is 0 Å². The zero-order chi connectivity index (χ0) is 12.6. The van der Waals surface area contributed by atoms with Crippen molar-refractivity contribution in [2.75, 3.05) is 19.8 Å². The van der Waals surface area contributed by atoms with Crippen LogP contribution in [-0.4, -0.2) is 19.8 Å². The molecule has 18 heavy (non-hydrogen) atoms.